The maximum atomic E-state index is 14.0. The van der Waals surface area contributed by atoms with Crippen LogP contribution in [0.5, 0.6) is 0 Å². The molecule has 2 aromatic heterocycles. The summed E-state index contributed by atoms with van der Waals surface area (Å²) < 4.78 is 33.4. The van der Waals surface area contributed by atoms with Crippen molar-refractivity contribution in [2.24, 2.45) is 0 Å². The third-order valence-corrected chi connectivity index (χ3v) is 13.6. The summed E-state index contributed by atoms with van der Waals surface area (Å²) in [5.41, 5.74) is 0.533. The maximum absolute atomic E-state index is 14.0. The maximum Gasteiger partial charge on any atom is 0.323 e. The van der Waals surface area contributed by atoms with Crippen LogP contribution in [-0.4, -0.2) is 89.3 Å². The monoisotopic (exact) mass is 828 g/mol. The van der Waals surface area contributed by atoms with Crippen LogP contribution < -0.4 is 25.2 Å². The number of thioether (sulfide) groups is 2. The van der Waals surface area contributed by atoms with Crippen molar-refractivity contribution in [3.63, 3.8) is 0 Å². The predicted molar refractivity (Wildman–Crippen MR) is 199 cm³/mol. The summed E-state index contributed by atoms with van der Waals surface area (Å²) in [6.45, 7) is 1.33. The van der Waals surface area contributed by atoms with Crippen molar-refractivity contribution in [2.45, 2.75) is 44.7 Å². The van der Waals surface area contributed by atoms with Gasteiger partial charge in [-0.05, 0) is 49.1 Å². The quantitative estimate of drug-likeness (QED) is 0.149. The van der Waals surface area contributed by atoms with Crippen LogP contribution in [-0.2, 0) is 42.4 Å². The third kappa shape index (κ3) is 8.27. The third-order valence-electron chi connectivity index (χ3n) is 7.52. The van der Waals surface area contributed by atoms with Crippen molar-refractivity contribution in [2.75, 3.05) is 23.7 Å². The van der Waals surface area contributed by atoms with Gasteiger partial charge in [0.25, 0.3) is 27.1 Å². The molecule has 0 unspecified atom stereocenters. The zero-order chi connectivity index (χ0) is 38.2. The van der Waals surface area contributed by atoms with Crippen molar-refractivity contribution < 1.29 is 47.5 Å². The van der Waals surface area contributed by atoms with Gasteiger partial charge >= 0.3 is 17.9 Å². The van der Waals surface area contributed by atoms with Crippen molar-refractivity contribution >= 4 is 113 Å². The number of amides is 1. The van der Waals surface area contributed by atoms with Crippen LogP contribution in [0.15, 0.2) is 43.8 Å². The van der Waals surface area contributed by atoms with Crippen LogP contribution in [0.3, 0.4) is 0 Å². The van der Waals surface area contributed by atoms with Crippen LogP contribution in [0.2, 0.25) is 0 Å². The number of aromatic nitrogens is 2. The van der Waals surface area contributed by atoms with Crippen LogP contribution >= 0.6 is 58.4 Å². The first-order valence-corrected chi connectivity index (χ1v) is 20.3. The van der Waals surface area contributed by atoms with Gasteiger partial charge in [0.05, 0.1) is 21.0 Å². The molecule has 1 amide bonds. The first kappa shape index (κ1) is 39.2. The van der Waals surface area contributed by atoms with E-state index in [1.54, 1.807) is 13.0 Å². The van der Waals surface area contributed by atoms with Crippen molar-refractivity contribution in [1.29, 1.82) is 0 Å². The Kier molecular flexibility index (Phi) is 11.7. The summed E-state index contributed by atoms with van der Waals surface area (Å²) in [5.74, 6) is -5.54. The number of aryl methyl sites for hydroxylation is 1. The van der Waals surface area contributed by atoms with Crippen LogP contribution in [0.25, 0.3) is 10.5 Å². The molecule has 2 aliphatic heterocycles. The van der Waals surface area contributed by atoms with Gasteiger partial charge in [0, 0.05) is 11.4 Å². The summed E-state index contributed by atoms with van der Waals surface area (Å²) in [4.78, 5) is 79.6. The van der Waals surface area contributed by atoms with Gasteiger partial charge in [0.15, 0.2) is 0 Å². The molecule has 1 saturated heterocycles. The Bertz CT molecular complexity index is 2550. The normalized spacial score (nSPS) is 17.6. The Morgan fingerprint density at radius 2 is 1.52 bits per heavy atom. The number of aliphatic carboxylic acids is 3. The van der Waals surface area contributed by atoms with E-state index in [1.165, 1.54) is 11.8 Å². The Morgan fingerprint density at radius 1 is 0.885 bits per heavy atom. The Balaban J connectivity index is 1.80. The topological polar surface area (TPSA) is 234 Å². The van der Waals surface area contributed by atoms with Gasteiger partial charge < -0.3 is 20.2 Å². The number of carbonyl (C=O) groups is 4. The highest BCUT2D eigenvalue weighted by Gasteiger charge is 2.35. The molecule has 16 nitrogen and oxygen atoms in total. The molecule has 0 saturated carbocycles. The van der Waals surface area contributed by atoms with E-state index in [4.69, 9.17) is 12.2 Å². The molecular weight excluding hydrogens is 801 g/mol. The average Bonchev–Trinajstić information content (AvgIpc) is 3.73. The number of rotatable bonds is 12. The van der Waals surface area contributed by atoms with Crippen molar-refractivity contribution in [1.82, 2.24) is 14.0 Å². The van der Waals surface area contributed by atoms with E-state index in [9.17, 15) is 57.1 Å². The van der Waals surface area contributed by atoms with Gasteiger partial charge in [-0.1, -0.05) is 48.7 Å². The summed E-state index contributed by atoms with van der Waals surface area (Å²) in [5, 5.41) is 29.3. The molecule has 0 atom stereocenters. The number of thiazole rings is 2. The first-order chi connectivity index (χ1) is 24.4. The molecule has 1 fully saturated rings. The van der Waals surface area contributed by atoms with Gasteiger partial charge in [-0.3, -0.25) is 47.4 Å². The number of carbonyl (C=O) groups excluding carboxylic acids is 1. The number of anilines is 1. The van der Waals surface area contributed by atoms with Crippen molar-refractivity contribution in [3.05, 3.63) is 74.0 Å². The largest absolute Gasteiger partial charge is 0.480 e. The summed E-state index contributed by atoms with van der Waals surface area (Å²) >= 11 is 8.68. The number of hydrogen-bond acceptors (Lipinski definition) is 14. The standard InChI is InChI=1S/C30H28N4O12S6/c1-3-15(10-18-31(7-4-8-52(44,45)46)16-9-14(2)5-6-17(16)48-18)22-25(41)32(11-19(35)36)28(49-22)23-26(42)33(12-20(37)38)29(50-23)24-27(43)34(13-21(39)40)30(47)51-24/h5-6,9-10H,3-4,7-8,11-13H2,1-2H3,(H,35,36)(H,37,38)(H,39,40)(H,44,45,46)/b18-10-,22-15+,28-23+,29-24+. The molecule has 0 bridgehead atoms. The van der Waals surface area contributed by atoms with E-state index in [-0.39, 0.29) is 47.0 Å². The smallest absolute Gasteiger partial charge is 0.323 e. The molecule has 3 aromatic rings. The number of benzene rings is 1. The Hall–Kier alpha value is -4.06. The minimum atomic E-state index is -4.23. The highest BCUT2D eigenvalue weighted by atomic mass is 32.2. The van der Waals surface area contributed by atoms with Crippen LogP contribution in [0, 0.1) is 16.1 Å². The lowest BCUT2D eigenvalue weighted by atomic mass is 10.2. The zero-order valence-electron chi connectivity index (χ0n) is 27.1. The van der Waals surface area contributed by atoms with Gasteiger partial charge in [-0.15, -0.1) is 22.7 Å². The highest BCUT2D eigenvalue weighted by molar-refractivity contribution is 8.30. The summed E-state index contributed by atoms with van der Waals surface area (Å²) in [6.07, 6.45) is 2.07. The van der Waals surface area contributed by atoms with E-state index < -0.39 is 70.4 Å². The molecule has 22 heteroatoms. The zero-order valence-corrected chi connectivity index (χ0v) is 32.0. The number of carboxylic acid groups (broad SMARTS) is 3. The molecule has 4 heterocycles. The molecule has 4 N–H and O–H groups in total. The number of hydrogen-bond donors (Lipinski definition) is 4. The minimum Gasteiger partial charge on any atom is -0.480 e. The number of fused-ring (bicyclic) bond motifs is 1. The molecule has 52 heavy (non-hydrogen) atoms. The van der Waals surface area contributed by atoms with E-state index in [0.717, 1.165) is 41.5 Å². The molecule has 1 aromatic carbocycles. The number of nitrogens with zero attached hydrogens (tertiary/aromatic N) is 4. The van der Waals surface area contributed by atoms with E-state index in [0.29, 0.717) is 33.7 Å². The fourth-order valence-electron chi connectivity index (χ4n) is 5.28. The van der Waals surface area contributed by atoms with Crippen LogP contribution in [0.1, 0.15) is 25.3 Å². The van der Waals surface area contributed by atoms with Crippen molar-refractivity contribution in [3.8, 4) is 0 Å². The SMILES string of the molecule is CCC(/C=C1\Sc2ccc(C)cc2N1CCCS(=O)(=O)O)=c1\s/c(=c2/s/c(=C3/SC(=S)N(CC(=O)O)C3=O)n(CC(=O)O)c2=O)n(CC(=O)O)c1=O. The molecule has 2 aliphatic rings. The van der Waals surface area contributed by atoms with E-state index in [2.05, 4.69) is 0 Å². The fourth-order valence-corrected chi connectivity index (χ4v) is 10.8. The van der Waals surface area contributed by atoms with Crippen LogP contribution in [0.4, 0.5) is 5.69 Å². The predicted octanol–water partition coefficient (Wildman–Crippen LogP) is 1.24. The summed E-state index contributed by atoms with van der Waals surface area (Å²) in [6, 6.07) is 5.72. The first-order valence-electron chi connectivity index (χ1n) is 15.0. The molecule has 5 rings (SSSR count). The number of carboxylic acids is 3. The Morgan fingerprint density at radius 3 is 2.12 bits per heavy atom. The number of thiocarbonyl (C=S) groups is 1. The van der Waals surface area contributed by atoms with Gasteiger partial charge in [-0.25, -0.2) is 0 Å². The van der Waals surface area contributed by atoms with E-state index >= 15 is 0 Å². The lowest BCUT2D eigenvalue weighted by Gasteiger charge is -2.21. The lowest BCUT2D eigenvalue weighted by molar-refractivity contribution is -0.140. The second kappa shape index (κ2) is 15.5. The highest BCUT2D eigenvalue weighted by Crippen LogP contribution is 2.47. The second-order valence-electron chi connectivity index (χ2n) is 11.3. The van der Waals surface area contributed by atoms with Gasteiger partial charge in [-0.2, -0.15) is 8.42 Å². The Labute approximate surface area is 315 Å². The minimum absolute atomic E-state index is 0.0854. The molecule has 276 valence electrons. The van der Waals surface area contributed by atoms with Gasteiger partial charge in [0.1, 0.15) is 42.7 Å². The molecule has 0 aliphatic carbocycles. The average molecular weight is 829 g/mol. The number of allylic oxidation sites excluding steroid dienone is 1. The van der Waals surface area contributed by atoms with Gasteiger partial charge in [0.2, 0.25) is 0 Å². The molecular formula is C30H28N4O12S6. The van der Waals surface area contributed by atoms with E-state index in [1.807, 2.05) is 30.0 Å². The molecule has 0 spiro atoms. The lowest BCUT2D eigenvalue weighted by Crippen LogP contribution is -2.35. The fraction of sp³-hybridized carbons (Fsp3) is 0.300. The summed E-state index contributed by atoms with van der Waals surface area (Å²) in [7, 11) is -4.23. The molecule has 0 radical (unpaired) electrons. The second-order valence-corrected chi connectivity index (χ2v) is 17.5.